The summed E-state index contributed by atoms with van der Waals surface area (Å²) in [6, 6.07) is 5.98. The van der Waals surface area contributed by atoms with Crippen LogP contribution in [0.15, 0.2) is 30.6 Å². The second-order valence-corrected chi connectivity index (χ2v) is 7.91. The highest BCUT2D eigenvalue weighted by Gasteiger charge is 2.48. The van der Waals surface area contributed by atoms with E-state index in [0.717, 1.165) is 23.9 Å². The van der Waals surface area contributed by atoms with E-state index in [1.807, 2.05) is 30.6 Å². The molecule has 0 amide bonds. The van der Waals surface area contributed by atoms with Crippen LogP contribution in [0.3, 0.4) is 0 Å². The molecule has 1 saturated heterocycles. The lowest BCUT2D eigenvalue weighted by Crippen LogP contribution is -2.44. The number of hydrogen-bond acceptors (Lipinski definition) is 5. The molecular formula is C18H23N3OS. The molecule has 0 N–H and O–H groups in total. The van der Waals surface area contributed by atoms with Gasteiger partial charge in [-0.15, -0.1) is 11.3 Å². The number of thiazole rings is 1. The van der Waals surface area contributed by atoms with E-state index in [-0.39, 0.29) is 0 Å². The van der Waals surface area contributed by atoms with Crippen LogP contribution >= 0.6 is 11.3 Å². The number of nitrogens with zero attached hydrogens (tertiary/aromatic N) is 3. The molecule has 4 nitrogen and oxygen atoms in total. The first-order valence-corrected chi connectivity index (χ1v) is 9.28. The standard InChI is InChI=1S/C18H23N3OS/c1-2-22-14-9-18(10-14)6-8-21(13-18)12-15-11-20-17(23-15)16-5-3-4-7-19-16/h3-5,7,11,14H,2,6,8-10,12-13H2,1H3. The van der Waals surface area contributed by atoms with Gasteiger partial charge in [-0.25, -0.2) is 4.98 Å². The van der Waals surface area contributed by atoms with Gasteiger partial charge in [-0.2, -0.15) is 0 Å². The first-order chi connectivity index (χ1) is 11.3. The number of likely N-dealkylation sites (tertiary alicyclic amines) is 1. The van der Waals surface area contributed by atoms with E-state index in [9.17, 15) is 0 Å². The Labute approximate surface area is 141 Å². The summed E-state index contributed by atoms with van der Waals surface area (Å²) in [5.41, 5.74) is 1.51. The number of aromatic nitrogens is 2. The number of hydrogen-bond donors (Lipinski definition) is 0. The second kappa shape index (κ2) is 6.30. The van der Waals surface area contributed by atoms with E-state index in [4.69, 9.17) is 4.74 Å². The molecule has 0 atom stereocenters. The fourth-order valence-electron chi connectivity index (χ4n) is 3.96. The normalized spacial score (nSPS) is 27.4. The Bertz CT molecular complexity index is 651. The van der Waals surface area contributed by atoms with E-state index in [0.29, 0.717) is 11.5 Å². The first-order valence-electron chi connectivity index (χ1n) is 8.46. The predicted molar refractivity (Wildman–Crippen MR) is 92.3 cm³/mol. The maximum atomic E-state index is 5.74. The second-order valence-electron chi connectivity index (χ2n) is 6.79. The molecule has 122 valence electrons. The fourth-order valence-corrected chi connectivity index (χ4v) is 4.90. The zero-order valence-electron chi connectivity index (χ0n) is 13.6. The fraction of sp³-hybridized carbons (Fsp3) is 0.556. The molecule has 0 unspecified atom stereocenters. The average Bonchev–Trinajstić information content (AvgIpc) is 3.16. The molecule has 0 bridgehead atoms. The quantitative estimate of drug-likeness (QED) is 0.840. The van der Waals surface area contributed by atoms with Crippen molar-refractivity contribution in [3.63, 3.8) is 0 Å². The average molecular weight is 329 g/mol. The van der Waals surface area contributed by atoms with E-state index >= 15 is 0 Å². The van der Waals surface area contributed by atoms with Crippen molar-refractivity contribution in [2.24, 2.45) is 5.41 Å². The van der Waals surface area contributed by atoms with Gasteiger partial charge in [0, 0.05) is 37.0 Å². The molecule has 2 aromatic heterocycles. The summed E-state index contributed by atoms with van der Waals surface area (Å²) < 4.78 is 5.74. The van der Waals surface area contributed by atoms with Crippen molar-refractivity contribution in [3.8, 4) is 10.7 Å². The lowest BCUT2D eigenvalue weighted by Gasteiger charge is -2.44. The number of rotatable bonds is 5. The van der Waals surface area contributed by atoms with Gasteiger partial charge in [-0.3, -0.25) is 9.88 Å². The smallest absolute Gasteiger partial charge is 0.142 e. The minimum absolute atomic E-state index is 0.513. The van der Waals surface area contributed by atoms with Crippen LogP contribution in [-0.4, -0.2) is 40.7 Å². The highest BCUT2D eigenvalue weighted by Crippen LogP contribution is 2.49. The summed E-state index contributed by atoms with van der Waals surface area (Å²) in [6.07, 6.45) is 8.18. The Hall–Kier alpha value is -1.30. The molecule has 0 aromatic carbocycles. The van der Waals surface area contributed by atoms with Gasteiger partial charge in [0.15, 0.2) is 0 Å². The van der Waals surface area contributed by atoms with Gasteiger partial charge in [-0.1, -0.05) is 6.07 Å². The summed E-state index contributed by atoms with van der Waals surface area (Å²) in [7, 11) is 0. The van der Waals surface area contributed by atoms with Crippen molar-refractivity contribution in [1.82, 2.24) is 14.9 Å². The van der Waals surface area contributed by atoms with Crippen LogP contribution in [0, 0.1) is 5.41 Å². The Kier molecular flexibility index (Phi) is 4.18. The summed E-state index contributed by atoms with van der Waals surface area (Å²) in [5, 5.41) is 1.02. The minimum atomic E-state index is 0.513. The largest absolute Gasteiger partial charge is 0.378 e. The molecule has 5 heteroatoms. The Morgan fingerprint density at radius 1 is 1.35 bits per heavy atom. The third kappa shape index (κ3) is 3.18. The molecule has 1 aliphatic heterocycles. The molecule has 3 heterocycles. The molecule has 1 spiro atoms. The van der Waals surface area contributed by atoms with Crippen LogP contribution in [0.25, 0.3) is 10.7 Å². The Balaban J connectivity index is 1.34. The number of pyridine rings is 1. The minimum Gasteiger partial charge on any atom is -0.378 e. The molecule has 0 radical (unpaired) electrons. The summed E-state index contributed by atoms with van der Waals surface area (Å²) >= 11 is 1.77. The summed E-state index contributed by atoms with van der Waals surface area (Å²) in [5.74, 6) is 0. The van der Waals surface area contributed by atoms with Crippen LogP contribution in [-0.2, 0) is 11.3 Å². The van der Waals surface area contributed by atoms with E-state index in [1.54, 1.807) is 11.3 Å². The molecule has 1 saturated carbocycles. The van der Waals surface area contributed by atoms with Gasteiger partial charge in [0.05, 0.1) is 11.8 Å². The summed E-state index contributed by atoms with van der Waals surface area (Å²) in [4.78, 5) is 12.8. The molecule has 4 rings (SSSR count). The maximum Gasteiger partial charge on any atom is 0.142 e. The van der Waals surface area contributed by atoms with Gasteiger partial charge in [0.1, 0.15) is 5.01 Å². The monoisotopic (exact) mass is 329 g/mol. The lowest BCUT2D eigenvalue weighted by atomic mass is 9.66. The topological polar surface area (TPSA) is 38.2 Å². The number of ether oxygens (including phenoxy) is 1. The Morgan fingerprint density at radius 3 is 3.04 bits per heavy atom. The van der Waals surface area contributed by atoms with E-state index in [2.05, 4.69) is 21.8 Å². The van der Waals surface area contributed by atoms with Crippen molar-refractivity contribution in [1.29, 1.82) is 0 Å². The molecule has 2 aromatic rings. The van der Waals surface area contributed by atoms with Crippen molar-refractivity contribution in [2.45, 2.75) is 38.8 Å². The van der Waals surface area contributed by atoms with E-state index < -0.39 is 0 Å². The highest BCUT2D eigenvalue weighted by atomic mass is 32.1. The van der Waals surface area contributed by atoms with Crippen LogP contribution in [0.4, 0.5) is 0 Å². The first kappa shape index (κ1) is 15.2. The third-order valence-electron chi connectivity index (χ3n) is 5.06. The van der Waals surface area contributed by atoms with Crippen LogP contribution in [0.2, 0.25) is 0 Å². The van der Waals surface area contributed by atoms with Gasteiger partial charge in [0.25, 0.3) is 0 Å². The zero-order valence-corrected chi connectivity index (χ0v) is 14.4. The van der Waals surface area contributed by atoms with Crippen LogP contribution in [0.1, 0.15) is 31.1 Å². The Morgan fingerprint density at radius 2 is 2.26 bits per heavy atom. The van der Waals surface area contributed by atoms with Crippen molar-refractivity contribution >= 4 is 11.3 Å². The molecule has 23 heavy (non-hydrogen) atoms. The van der Waals surface area contributed by atoms with Crippen molar-refractivity contribution < 1.29 is 4.74 Å². The lowest BCUT2D eigenvalue weighted by molar-refractivity contribution is -0.0718. The third-order valence-corrected chi connectivity index (χ3v) is 6.06. The van der Waals surface area contributed by atoms with Crippen LogP contribution < -0.4 is 0 Å². The summed E-state index contributed by atoms with van der Waals surface area (Å²) in [6.45, 7) is 6.38. The van der Waals surface area contributed by atoms with E-state index in [1.165, 1.54) is 37.2 Å². The molecule has 1 aliphatic carbocycles. The van der Waals surface area contributed by atoms with Gasteiger partial charge in [0.2, 0.25) is 0 Å². The maximum absolute atomic E-state index is 5.74. The SMILES string of the molecule is CCOC1CC2(CCN(Cc3cnc(-c4ccccn4)s3)C2)C1. The van der Waals surface area contributed by atoms with Gasteiger partial charge in [-0.05, 0) is 50.3 Å². The molecule has 2 aliphatic rings. The predicted octanol–water partition coefficient (Wildman–Crippen LogP) is 3.60. The van der Waals surface area contributed by atoms with Crippen molar-refractivity contribution in [3.05, 3.63) is 35.5 Å². The van der Waals surface area contributed by atoms with Crippen LogP contribution in [0.5, 0.6) is 0 Å². The van der Waals surface area contributed by atoms with Crippen molar-refractivity contribution in [2.75, 3.05) is 19.7 Å². The highest BCUT2D eigenvalue weighted by molar-refractivity contribution is 7.14. The molecular weight excluding hydrogens is 306 g/mol. The van der Waals surface area contributed by atoms with Gasteiger partial charge >= 0.3 is 0 Å². The zero-order chi connectivity index (χ0) is 15.7. The molecule has 2 fully saturated rings. The van der Waals surface area contributed by atoms with Gasteiger partial charge < -0.3 is 4.74 Å².